The zero-order valence-corrected chi connectivity index (χ0v) is 10.1. The number of nitriles is 1. The second-order valence-electron chi connectivity index (χ2n) is 3.55. The molecule has 1 aromatic carbocycles. The SMILES string of the molecule is C[C@H](C#N)CSc1nnnn1-c1ccccc1. The molecule has 1 heterocycles. The van der Waals surface area contributed by atoms with Crippen molar-refractivity contribution in [3.8, 4) is 11.8 Å². The first-order chi connectivity index (χ1) is 8.31. The molecule has 1 aromatic heterocycles. The molecule has 0 unspecified atom stereocenters. The molecule has 0 saturated carbocycles. The van der Waals surface area contributed by atoms with Gasteiger partial charge in [0.05, 0.1) is 17.7 Å². The Bertz CT molecular complexity index is 516. The minimum Gasteiger partial charge on any atom is -0.198 e. The van der Waals surface area contributed by atoms with E-state index >= 15 is 0 Å². The third-order valence-electron chi connectivity index (χ3n) is 2.12. The van der Waals surface area contributed by atoms with E-state index in [1.165, 1.54) is 11.8 Å². The van der Waals surface area contributed by atoms with Crippen molar-refractivity contribution in [1.82, 2.24) is 20.2 Å². The summed E-state index contributed by atoms with van der Waals surface area (Å²) in [5.74, 6) is 0.671. The fourth-order valence-corrected chi connectivity index (χ4v) is 2.07. The molecule has 86 valence electrons. The summed E-state index contributed by atoms with van der Waals surface area (Å²) < 4.78 is 1.68. The molecule has 0 amide bonds. The predicted molar refractivity (Wildman–Crippen MR) is 64.7 cm³/mol. The Morgan fingerprint density at radius 3 is 2.88 bits per heavy atom. The van der Waals surface area contributed by atoms with Gasteiger partial charge in [0.1, 0.15) is 0 Å². The van der Waals surface area contributed by atoms with Crippen LogP contribution in [0.25, 0.3) is 5.69 Å². The number of aromatic nitrogens is 4. The minimum atomic E-state index is -0.0130. The first-order valence-corrected chi connectivity index (χ1v) is 6.16. The summed E-state index contributed by atoms with van der Waals surface area (Å²) in [6.07, 6.45) is 0. The second kappa shape index (κ2) is 5.46. The molecule has 0 saturated heterocycles. The topological polar surface area (TPSA) is 67.4 Å². The van der Waals surface area contributed by atoms with Gasteiger partial charge in [-0.1, -0.05) is 30.0 Å². The molecule has 0 aliphatic rings. The van der Waals surface area contributed by atoms with Crippen LogP contribution in [0.15, 0.2) is 35.5 Å². The Morgan fingerprint density at radius 2 is 2.18 bits per heavy atom. The fraction of sp³-hybridized carbons (Fsp3) is 0.273. The summed E-state index contributed by atoms with van der Waals surface area (Å²) in [4.78, 5) is 0. The van der Waals surface area contributed by atoms with Crippen LogP contribution in [0, 0.1) is 17.2 Å². The molecule has 0 N–H and O–H groups in total. The summed E-state index contributed by atoms with van der Waals surface area (Å²) in [7, 11) is 0. The van der Waals surface area contributed by atoms with Crippen LogP contribution < -0.4 is 0 Å². The number of para-hydroxylation sites is 1. The van der Waals surface area contributed by atoms with Crippen molar-refractivity contribution in [1.29, 1.82) is 5.26 Å². The van der Waals surface area contributed by atoms with Gasteiger partial charge in [-0.15, -0.1) is 5.10 Å². The summed E-state index contributed by atoms with van der Waals surface area (Å²) in [5, 5.41) is 21.0. The summed E-state index contributed by atoms with van der Waals surface area (Å²) >= 11 is 1.49. The number of benzene rings is 1. The lowest BCUT2D eigenvalue weighted by Gasteiger charge is -2.04. The van der Waals surface area contributed by atoms with Gasteiger partial charge >= 0.3 is 0 Å². The van der Waals surface area contributed by atoms with Crippen LogP contribution in [0.4, 0.5) is 0 Å². The third kappa shape index (κ3) is 2.82. The zero-order chi connectivity index (χ0) is 12.1. The molecule has 5 nitrogen and oxygen atoms in total. The van der Waals surface area contributed by atoms with Crippen molar-refractivity contribution < 1.29 is 0 Å². The largest absolute Gasteiger partial charge is 0.214 e. The van der Waals surface area contributed by atoms with E-state index < -0.39 is 0 Å². The van der Waals surface area contributed by atoms with Crippen LogP contribution in [0.5, 0.6) is 0 Å². The molecule has 2 rings (SSSR count). The quantitative estimate of drug-likeness (QED) is 0.770. The van der Waals surface area contributed by atoms with Crippen LogP contribution >= 0.6 is 11.8 Å². The highest BCUT2D eigenvalue weighted by Crippen LogP contribution is 2.19. The lowest BCUT2D eigenvalue weighted by molar-refractivity contribution is 0.754. The smallest absolute Gasteiger partial charge is 0.198 e. The first-order valence-electron chi connectivity index (χ1n) is 5.17. The highest BCUT2D eigenvalue weighted by molar-refractivity contribution is 7.99. The molecule has 0 bridgehead atoms. The van der Waals surface area contributed by atoms with Gasteiger partial charge in [-0.3, -0.25) is 0 Å². The molecule has 2 aromatic rings. The van der Waals surface area contributed by atoms with Gasteiger partial charge in [-0.05, 0) is 29.5 Å². The van der Waals surface area contributed by atoms with Crippen LogP contribution in [0.3, 0.4) is 0 Å². The number of nitrogens with zero attached hydrogens (tertiary/aromatic N) is 5. The second-order valence-corrected chi connectivity index (χ2v) is 4.54. The number of hydrogen-bond acceptors (Lipinski definition) is 5. The van der Waals surface area contributed by atoms with Gasteiger partial charge in [0.2, 0.25) is 5.16 Å². The Labute approximate surface area is 103 Å². The molecule has 0 radical (unpaired) electrons. The third-order valence-corrected chi connectivity index (χ3v) is 3.30. The first kappa shape index (κ1) is 11.6. The number of thioether (sulfide) groups is 1. The molecule has 6 heteroatoms. The lowest BCUT2D eigenvalue weighted by Crippen LogP contribution is -2.01. The van der Waals surface area contributed by atoms with Crippen molar-refractivity contribution in [2.24, 2.45) is 5.92 Å². The molecule has 0 aliphatic heterocycles. The van der Waals surface area contributed by atoms with E-state index in [2.05, 4.69) is 21.6 Å². The maximum atomic E-state index is 8.73. The summed E-state index contributed by atoms with van der Waals surface area (Å²) in [6.45, 7) is 1.88. The van der Waals surface area contributed by atoms with Crippen LogP contribution in [0.1, 0.15) is 6.92 Å². The van der Waals surface area contributed by atoms with Crippen molar-refractivity contribution in [2.45, 2.75) is 12.1 Å². The fourth-order valence-electron chi connectivity index (χ4n) is 1.24. The van der Waals surface area contributed by atoms with Crippen LogP contribution in [-0.2, 0) is 0 Å². The number of tetrazole rings is 1. The van der Waals surface area contributed by atoms with Crippen molar-refractivity contribution in [3.63, 3.8) is 0 Å². The average molecular weight is 245 g/mol. The maximum absolute atomic E-state index is 8.73. The Balaban J connectivity index is 2.16. The zero-order valence-electron chi connectivity index (χ0n) is 9.32. The Hall–Kier alpha value is -1.87. The molecule has 1 atom stereocenters. The van der Waals surface area contributed by atoms with Crippen molar-refractivity contribution in [2.75, 3.05) is 5.75 Å². The predicted octanol–water partition coefficient (Wildman–Crippen LogP) is 1.91. The normalized spacial score (nSPS) is 12.0. The van der Waals surface area contributed by atoms with Crippen LogP contribution in [0.2, 0.25) is 0 Å². The van der Waals surface area contributed by atoms with Crippen molar-refractivity contribution >= 4 is 11.8 Å². The minimum absolute atomic E-state index is 0.0130. The molecular formula is C11H11N5S. The van der Waals surface area contributed by atoms with E-state index in [-0.39, 0.29) is 5.92 Å². The van der Waals surface area contributed by atoms with E-state index in [0.29, 0.717) is 10.9 Å². The number of rotatable bonds is 4. The van der Waals surface area contributed by atoms with E-state index in [1.807, 2.05) is 37.3 Å². The summed E-state index contributed by atoms with van der Waals surface area (Å²) in [5.41, 5.74) is 0.921. The van der Waals surface area contributed by atoms with E-state index in [9.17, 15) is 0 Å². The Kier molecular flexibility index (Phi) is 3.73. The van der Waals surface area contributed by atoms with E-state index in [4.69, 9.17) is 5.26 Å². The monoisotopic (exact) mass is 245 g/mol. The molecule has 0 spiro atoms. The molecule has 0 aliphatic carbocycles. The maximum Gasteiger partial charge on any atom is 0.214 e. The van der Waals surface area contributed by atoms with E-state index in [1.54, 1.807) is 4.68 Å². The van der Waals surface area contributed by atoms with Gasteiger partial charge in [0.15, 0.2) is 0 Å². The lowest BCUT2D eigenvalue weighted by atomic mass is 10.3. The van der Waals surface area contributed by atoms with Gasteiger partial charge in [0, 0.05) is 5.75 Å². The summed E-state index contributed by atoms with van der Waals surface area (Å²) in [6, 6.07) is 11.9. The van der Waals surface area contributed by atoms with E-state index in [0.717, 1.165) is 5.69 Å². The molecule has 0 fully saturated rings. The van der Waals surface area contributed by atoms with Crippen LogP contribution in [-0.4, -0.2) is 26.0 Å². The highest BCUT2D eigenvalue weighted by atomic mass is 32.2. The Morgan fingerprint density at radius 1 is 1.41 bits per heavy atom. The van der Waals surface area contributed by atoms with Gasteiger partial charge in [-0.25, -0.2) is 0 Å². The van der Waals surface area contributed by atoms with Gasteiger partial charge in [0.25, 0.3) is 0 Å². The van der Waals surface area contributed by atoms with Gasteiger partial charge in [-0.2, -0.15) is 9.94 Å². The molecular weight excluding hydrogens is 234 g/mol. The molecule has 17 heavy (non-hydrogen) atoms. The van der Waals surface area contributed by atoms with Gasteiger partial charge < -0.3 is 0 Å². The standard InChI is InChI=1S/C11H11N5S/c1-9(7-12)8-17-11-13-14-15-16(11)10-5-3-2-4-6-10/h2-6,9H,8H2,1H3/t9-/m1/s1. The highest BCUT2D eigenvalue weighted by Gasteiger charge is 2.10. The average Bonchev–Trinajstić information content (AvgIpc) is 2.85. The van der Waals surface area contributed by atoms with Crippen molar-refractivity contribution in [3.05, 3.63) is 30.3 Å². The number of hydrogen-bond donors (Lipinski definition) is 0.